The van der Waals surface area contributed by atoms with Gasteiger partial charge in [-0.2, -0.15) is 13.2 Å². The number of halogens is 3. The van der Waals surface area contributed by atoms with Crippen molar-refractivity contribution in [3.63, 3.8) is 0 Å². The van der Waals surface area contributed by atoms with E-state index in [1.807, 2.05) is 67.5 Å². The van der Waals surface area contributed by atoms with E-state index in [-0.39, 0.29) is 52.5 Å². The van der Waals surface area contributed by atoms with Gasteiger partial charge in [-0.25, -0.2) is 8.42 Å². The number of Topliss-reactive ketones (excluding diaryl/α,β-unsaturated/α-hetero) is 2. The van der Waals surface area contributed by atoms with Crippen LogP contribution in [0.1, 0.15) is 81.6 Å². The van der Waals surface area contributed by atoms with Crippen molar-refractivity contribution in [1.82, 2.24) is 14.7 Å². The molecular formula is C41H63F3N4O8S. The van der Waals surface area contributed by atoms with Crippen LogP contribution in [0.15, 0.2) is 40.8 Å². The SMILES string of the molecule is CO[C@H]([C@@H](C)C(=O)CS(=O)(=O)c1ccc(NC(=O)C(F)(F)F)cc1)[C@@H]1CCCN1C(=O)/C(C)=C/[C@H](C(C)C)N(C)C(=O)[C@@H](CC(=O)[C@H](C(C)C)N(C)C)C(C)(C)C. The summed E-state index contributed by atoms with van der Waals surface area (Å²) in [6.07, 6.45) is -3.05. The van der Waals surface area contributed by atoms with Gasteiger partial charge in [-0.05, 0) is 75.4 Å². The average molecular weight is 829 g/mol. The molecule has 1 aliphatic rings. The van der Waals surface area contributed by atoms with Gasteiger partial charge in [-0.15, -0.1) is 0 Å². The first kappa shape index (κ1) is 49.5. The molecule has 12 nitrogen and oxygen atoms in total. The summed E-state index contributed by atoms with van der Waals surface area (Å²) in [4.78, 5) is 71.4. The van der Waals surface area contributed by atoms with Crippen LogP contribution in [-0.2, 0) is 38.5 Å². The molecule has 1 heterocycles. The minimum atomic E-state index is -5.13. The summed E-state index contributed by atoms with van der Waals surface area (Å²) in [7, 11) is 2.54. The summed E-state index contributed by atoms with van der Waals surface area (Å²) >= 11 is 0. The number of hydrogen-bond donors (Lipinski definition) is 1. The number of ether oxygens (including phenoxy) is 1. The molecule has 6 atom stereocenters. The number of hydrogen-bond acceptors (Lipinski definition) is 9. The maximum Gasteiger partial charge on any atom is 0.471 e. The Hall–Kier alpha value is -3.63. The second kappa shape index (κ2) is 19.9. The van der Waals surface area contributed by atoms with E-state index in [4.69, 9.17) is 4.74 Å². The maximum absolute atomic E-state index is 14.2. The molecule has 322 valence electrons. The Kier molecular flexibility index (Phi) is 17.3. The molecule has 1 aliphatic heterocycles. The van der Waals surface area contributed by atoms with E-state index in [1.54, 1.807) is 35.2 Å². The van der Waals surface area contributed by atoms with E-state index in [0.29, 0.717) is 25.0 Å². The predicted octanol–water partition coefficient (Wildman–Crippen LogP) is 5.81. The predicted molar refractivity (Wildman–Crippen MR) is 213 cm³/mol. The number of carbonyl (C=O) groups is 5. The largest absolute Gasteiger partial charge is 0.471 e. The summed E-state index contributed by atoms with van der Waals surface area (Å²) < 4.78 is 69.9. The van der Waals surface area contributed by atoms with Crippen molar-refractivity contribution in [1.29, 1.82) is 0 Å². The zero-order valence-electron chi connectivity index (χ0n) is 35.7. The highest BCUT2D eigenvalue weighted by Gasteiger charge is 2.43. The molecule has 0 bridgehead atoms. The number of rotatable bonds is 18. The molecule has 0 aromatic heterocycles. The van der Waals surface area contributed by atoms with Crippen LogP contribution in [-0.4, -0.2) is 123 Å². The molecule has 0 unspecified atom stereocenters. The van der Waals surface area contributed by atoms with Crippen LogP contribution in [0.3, 0.4) is 0 Å². The van der Waals surface area contributed by atoms with Crippen LogP contribution >= 0.6 is 0 Å². The number of carbonyl (C=O) groups excluding carboxylic acids is 5. The first-order valence-corrected chi connectivity index (χ1v) is 20.9. The van der Waals surface area contributed by atoms with E-state index >= 15 is 0 Å². The summed E-state index contributed by atoms with van der Waals surface area (Å²) in [6, 6.07) is 2.60. The van der Waals surface area contributed by atoms with Crippen LogP contribution < -0.4 is 5.32 Å². The number of methoxy groups -OCH3 is 1. The highest BCUT2D eigenvalue weighted by atomic mass is 32.2. The quantitative estimate of drug-likeness (QED) is 0.181. The van der Waals surface area contributed by atoms with Crippen molar-refractivity contribution in [3.05, 3.63) is 35.9 Å². The molecule has 1 saturated heterocycles. The monoisotopic (exact) mass is 828 g/mol. The van der Waals surface area contributed by atoms with Gasteiger partial charge in [-0.3, -0.25) is 28.9 Å². The lowest BCUT2D eigenvalue weighted by Crippen LogP contribution is -2.49. The van der Waals surface area contributed by atoms with Crippen LogP contribution in [0.5, 0.6) is 0 Å². The van der Waals surface area contributed by atoms with Crippen LogP contribution in [0.4, 0.5) is 18.9 Å². The number of benzene rings is 1. The van der Waals surface area contributed by atoms with Crippen molar-refractivity contribution < 1.29 is 50.3 Å². The minimum absolute atomic E-state index is 0.00832. The van der Waals surface area contributed by atoms with E-state index in [9.17, 15) is 45.6 Å². The number of ketones is 2. The molecule has 2 rings (SSSR count). The summed E-state index contributed by atoms with van der Waals surface area (Å²) in [5, 5.41) is 1.64. The average Bonchev–Trinajstić information content (AvgIpc) is 3.56. The number of nitrogens with zero attached hydrogens (tertiary/aromatic N) is 3. The van der Waals surface area contributed by atoms with Crippen LogP contribution in [0.2, 0.25) is 0 Å². The Morgan fingerprint density at radius 2 is 1.51 bits per heavy atom. The summed E-state index contributed by atoms with van der Waals surface area (Å²) in [6.45, 7) is 17.2. The zero-order chi connectivity index (χ0) is 44.0. The molecule has 0 saturated carbocycles. The molecule has 1 aromatic carbocycles. The normalized spacial score (nSPS) is 18.3. The minimum Gasteiger partial charge on any atom is -0.379 e. The lowest BCUT2D eigenvalue weighted by molar-refractivity contribution is -0.167. The first-order valence-electron chi connectivity index (χ1n) is 19.3. The van der Waals surface area contributed by atoms with Crippen molar-refractivity contribution in [2.75, 3.05) is 45.9 Å². The van der Waals surface area contributed by atoms with Crippen LogP contribution in [0.25, 0.3) is 0 Å². The van der Waals surface area contributed by atoms with E-state index < -0.39 is 68.9 Å². The smallest absolute Gasteiger partial charge is 0.379 e. The van der Waals surface area contributed by atoms with Crippen molar-refractivity contribution in [2.45, 2.75) is 117 Å². The molecule has 1 aromatic rings. The van der Waals surface area contributed by atoms with Crippen molar-refractivity contribution >= 4 is 44.8 Å². The number of nitrogens with one attached hydrogen (secondary N) is 1. The number of likely N-dealkylation sites (N-methyl/N-ethyl adjacent to an activating group) is 2. The van der Waals surface area contributed by atoms with Gasteiger partial charge in [0.2, 0.25) is 11.8 Å². The standard InChI is InChI=1S/C41H63F3N4O8S/c1-24(2)32(47(12)38(52)30(40(7,8)9)22-33(49)35(25(3)4)46(10)11)21-26(5)37(51)48-20-14-15-31(48)36(56-13)27(6)34(50)23-57(54,55)29-18-16-28(17-19-29)45-39(53)41(42,43)44/h16-19,21,24-25,27,30-32,35-36H,14-15,20,22-23H2,1-13H3,(H,45,53)/b26-21+/t27-,30+,31-,32+,35-,36+/m0/s1. The van der Waals surface area contributed by atoms with Gasteiger partial charge >= 0.3 is 12.1 Å². The van der Waals surface area contributed by atoms with Gasteiger partial charge < -0.3 is 19.9 Å². The maximum atomic E-state index is 14.2. The van der Waals surface area contributed by atoms with E-state index in [2.05, 4.69) is 0 Å². The lowest BCUT2D eigenvalue weighted by Gasteiger charge is -2.38. The first-order chi connectivity index (χ1) is 26.1. The van der Waals surface area contributed by atoms with Gasteiger partial charge in [-0.1, -0.05) is 61.5 Å². The third-order valence-electron chi connectivity index (χ3n) is 10.8. The van der Waals surface area contributed by atoms with Gasteiger partial charge in [0.25, 0.3) is 0 Å². The third kappa shape index (κ3) is 12.9. The molecule has 57 heavy (non-hydrogen) atoms. The van der Waals surface area contributed by atoms with Gasteiger partial charge in [0.05, 0.1) is 29.1 Å². The van der Waals surface area contributed by atoms with Crippen molar-refractivity contribution in [2.24, 2.45) is 29.1 Å². The zero-order valence-corrected chi connectivity index (χ0v) is 36.5. The highest BCUT2D eigenvalue weighted by Crippen LogP contribution is 2.34. The Morgan fingerprint density at radius 1 is 0.947 bits per heavy atom. The molecule has 0 aliphatic carbocycles. The lowest BCUT2D eigenvalue weighted by atomic mass is 9.75. The number of sulfone groups is 1. The van der Waals surface area contributed by atoms with E-state index in [1.165, 1.54) is 14.0 Å². The molecule has 3 amide bonds. The number of likely N-dealkylation sites (tertiary alicyclic amines) is 1. The second-order valence-corrected chi connectivity index (χ2v) is 19.2. The molecular weight excluding hydrogens is 766 g/mol. The molecule has 16 heteroatoms. The highest BCUT2D eigenvalue weighted by molar-refractivity contribution is 7.92. The Balaban J connectivity index is 2.29. The number of alkyl halides is 3. The fourth-order valence-electron chi connectivity index (χ4n) is 7.65. The third-order valence-corrected chi connectivity index (χ3v) is 12.4. The second-order valence-electron chi connectivity index (χ2n) is 17.2. The number of anilines is 1. The molecule has 0 radical (unpaired) electrons. The van der Waals surface area contributed by atoms with E-state index in [0.717, 1.165) is 24.3 Å². The Morgan fingerprint density at radius 3 is 1.96 bits per heavy atom. The Bertz CT molecular complexity index is 1730. The van der Waals surface area contributed by atoms with Gasteiger partial charge in [0, 0.05) is 50.2 Å². The fourth-order valence-corrected chi connectivity index (χ4v) is 9.01. The summed E-state index contributed by atoms with van der Waals surface area (Å²) in [5.74, 6) is -5.96. The van der Waals surface area contributed by atoms with Crippen molar-refractivity contribution in [3.8, 4) is 0 Å². The molecule has 0 spiro atoms. The topological polar surface area (TPSA) is 150 Å². The number of amides is 3. The fraction of sp³-hybridized carbons (Fsp3) is 0.683. The summed E-state index contributed by atoms with van der Waals surface area (Å²) in [5.41, 5.74) is -0.424. The van der Waals surface area contributed by atoms with Crippen LogP contribution in [0, 0.1) is 29.1 Å². The van der Waals surface area contributed by atoms with Gasteiger partial charge in [0.15, 0.2) is 21.4 Å². The molecule has 1 fully saturated rings. The molecule has 1 N–H and O–H groups in total. The van der Waals surface area contributed by atoms with Gasteiger partial charge in [0.1, 0.15) is 5.75 Å². The Labute approximate surface area is 336 Å².